The second kappa shape index (κ2) is 9.31. The fourth-order valence-corrected chi connectivity index (χ4v) is 2.41. The summed E-state index contributed by atoms with van der Waals surface area (Å²) in [5.74, 6) is -5.98. The Labute approximate surface area is 161 Å². The van der Waals surface area contributed by atoms with Crippen LogP contribution in [0.5, 0.6) is 0 Å². The van der Waals surface area contributed by atoms with Crippen LogP contribution in [0.4, 0.5) is 0 Å². The summed E-state index contributed by atoms with van der Waals surface area (Å²) >= 11 is 0. The van der Waals surface area contributed by atoms with Gasteiger partial charge in [-0.25, -0.2) is 9.59 Å². The Balaban J connectivity index is 2.30. The molecule has 146 valence electrons. The Hall–Kier alpha value is -3.68. The molecule has 2 aromatic carbocycles. The standard InChI is InChI=1S/C20H20N2O6/c21-16(23)12-7-13-20(19(22)26,27-17(24)14-8-3-1-4-9-14)28-18(25)15-10-5-2-6-11-15/h1-6,8-11H,7,12-13H2,(H2,21,23)(H2,22,26). The van der Waals surface area contributed by atoms with Gasteiger partial charge in [0.15, 0.2) is 0 Å². The summed E-state index contributed by atoms with van der Waals surface area (Å²) in [4.78, 5) is 48.1. The van der Waals surface area contributed by atoms with Crippen LogP contribution in [0.1, 0.15) is 40.0 Å². The highest BCUT2D eigenvalue weighted by Crippen LogP contribution is 2.25. The zero-order valence-corrected chi connectivity index (χ0v) is 15.0. The summed E-state index contributed by atoms with van der Waals surface area (Å²) < 4.78 is 10.5. The molecule has 0 aliphatic carbocycles. The van der Waals surface area contributed by atoms with Gasteiger partial charge in [-0.15, -0.1) is 0 Å². The Bertz CT molecular complexity index is 798. The molecule has 0 saturated carbocycles. The molecule has 2 rings (SSSR count). The van der Waals surface area contributed by atoms with Crippen LogP contribution >= 0.6 is 0 Å². The molecule has 0 aromatic heterocycles. The van der Waals surface area contributed by atoms with Crippen molar-refractivity contribution in [2.24, 2.45) is 11.5 Å². The van der Waals surface area contributed by atoms with Crippen LogP contribution in [-0.4, -0.2) is 29.5 Å². The number of esters is 2. The number of carbonyl (C=O) groups excluding carboxylic acids is 4. The summed E-state index contributed by atoms with van der Waals surface area (Å²) in [5.41, 5.74) is 10.8. The third kappa shape index (κ3) is 5.41. The van der Waals surface area contributed by atoms with Gasteiger partial charge in [0, 0.05) is 12.8 Å². The lowest BCUT2D eigenvalue weighted by atomic mass is 10.1. The number of ether oxygens (including phenoxy) is 2. The van der Waals surface area contributed by atoms with Gasteiger partial charge in [-0.2, -0.15) is 0 Å². The highest BCUT2D eigenvalue weighted by molar-refractivity contribution is 5.96. The number of primary amides is 2. The zero-order chi connectivity index (χ0) is 20.6. The first-order valence-electron chi connectivity index (χ1n) is 8.49. The SMILES string of the molecule is NC(=O)CCCC(OC(=O)c1ccccc1)(OC(=O)c1ccccc1)C(N)=O. The van der Waals surface area contributed by atoms with Gasteiger partial charge in [0.25, 0.3) is 0 Å². The molecule has 4 N–H and O–H groups in total. The minimum Gasteiger partial charge on any atom is -0.409 e. The smallest absolute Gasteiger partial charge is 0.341 e. The highest BCUT2D eigenvalue weighted by atomic mass is 16.7. The van der Waals surface area contributed by atoms with E-state index in [2.05, 4.69) is 0 Å². The molecule has 8 nitrogen and oxygen atoms in total. The monoisotopic (exact) mass is 384 g/mol. The van der Waals surface area contributed by atoms with Gasteiger partial charge in [-0.3, -0.25) is 9.59 Å². The number of hydrogen-bond acceptors (Lipinski definition) is 6. The van der Waals surface area contributed by atoms with E-state index < -0.39 is 29.5 Å². The van der Waals surface area contributed by atoms with Crippen molar-refractivity contribution < 1.29 is 28.7 Å². The quantitative estimate of drug-likeness (QED) is 0.496. The van der Waals surface area contributed by atoms with Crippen molar-refractivity contribution in [2.75, 3.05) is 0 Å². The molecule has 0 aliphatic rings. The molecular formula is C20H20N2O6. The first-order valence-corrected chi connectivity index (χ1v) is 8.49. The maximum atomic E-state index is 12.5. The molecule has 2 aromatic rings. The molecule has 2 amide bonds. The minimum absolute atomic E-state index is 0.0163. The van der Waals surface area contributed by atoms with Crippen molar-refractivity contribution in [1.29, 1.82) is 0 Å². The highest BCUT2D eigenvalue weighted by Gasteiger charge is 2.45. The van der Waals surface area contributed by atoms with Crippen LogP contribution in [0.3, 0.4) is 0 Å². The van der Waals surface area contributed by atoms with E-state index >= 15 is 0 Å². The van der Waals surface area contributed by atoms with E-state index in [4.69, 9.17) is 20.9 Å². The maximum absolute atomic E-state index is 12.5. The van der Waals surface area contributed by atoms with Crippen molar-refractivity contribution in [3.8, 4) is 0 Å². The van der Waals surface area contributed by atoms with E-state index in [0.717, 1.165) is 0 Å². The second-order valence-electron chi connectivity index (χ2n) is 5.95. The van der Waals surface area contributed by atoms with Gasteiger partial charge in [-0.1, -0.05) is 36.4 Å². The molecule has 28 heavy (non-hydrogen) atoms. The summed E-state index contributed by atoms with van der Waals surface area (Å²) in [6, 6.07) is 15.7. The lowest BCUT2D eigenvalue weighted by molar-refractivity contribution is -0.187. The largest absolute Gasteiger partial charge is 0.409 e. The lowest BCUT2D eigenvalue weighted by Gasteiger charge is -2.29. The summed E-state index contributed by atoms with van der Waals surface area (Å²) in [7, 11) is 0. The number of benzene rings is 2. The topological polar surface area (TPSA) is 139 Å². The first kappa shape index (κ1) is 20.6. The molecule has 8 heteroatoms. The molecule has 0 radical (unpaired) electrons. The van der Waals surface area contributed by atoms with Crippen molar-refractivity contribution >= 4 is 23.8 Å². The Morgan fingerprint density at radius 2 is 1.18 bits per heavy atom. The summed E-state index contributed by atoms with van der Waals surface area (Å²) in [5, 5.41) is 0. The van der Waals surface area contributed by atoms with Gasteiger partial charge in [0.05, 0.1) is 11.1 Å². The predicted octanol–water partition coefficient (Wildman–Crippen LogP) is 1.54. The van der Waals surface area contributed by atoms with Gasteiger partial charge >= 0.3 is 23.6 Å². The van der Waals surface area contributed by atoms with Crippen molar-refractivity contribution in [1.82, 2.24) is 0 Å². The number of nitrogens with two attached hydrogens (primary N) is 2. The van der Waals surface area contributed by atoms with Gasteiger partial charge in [-0.05, 0) is 30.7 Å². The second-order valence-corrected chi connectivity index (χ2v) is 5.95. The average molecular weight is 384 g/mol. The average Bonchev–Trinajstić information content (AvgIpc) is 2.68. The molecule has 0 fully saturated rings. The normalized spacial score (nSPS) is 10.7. The van der Waals surface area contributed by atoms with E-state index in [1.54, 1.807) is 36.4 Å². The molecule has 0 spiro atoms. The van der Waals surface area contributed by atoms with E-state index in [0.29, 0.717) is 0 Å². The van der Waals surface area contributed by atoms with Crippen LogP contribution in [0.2, 0.25) is 0 Å². The minimum atomic E-state index is -2.38. The van der Waals surface area contributed by atoms with Gasteiger partial charge < -0.3 is 20.9 Å². The van der Waals surface area contributed by atoms with Crippen molar-refractivity contribution in [3.05, 3.63) is 71.8 Å². The third-order valence-corrected chi connectivity index (χ3v) is 3.84. The molecule has 0 saturated heterocycles. The van der Waals surface area contributed by atoms with Crippen LogP contribution in [0, 0.1) is 0 Å². The van der Waals surface area contributed by atoms with E-state index in [1.807, 2.05) is 0 Å². The fraction of sp³-hybridized carbons (Fsp3) is 0.200. The van der Waals surface area contributed by atoms with Crippen LogP contribution in [-0.2, 0) is 19.1 Å². The third-order valence-electron chi connectivity index (χ3n) is 3.84. The maximum Gasteiger partial charge on any atom is 0.341 e. The van der Waals surface area contributed by atoms with E-state index in [9.17, 15) is 19.2 Å². The predicted molar refractivity (Wildman–Crippen MR) is 98.7 cm³/mol. The van der Waals surface area contributed by atoms with E-state index in [-0.39, 0.29) is 30.4 Å². The molecule has 0 unspecified atom stereocenters. The lowest BCUT2D eigenvalue weighted by Crippen LogP contribution is -2.51. The summed E-state index contributed by atoms with van der Waals surface area (Å²) in [6.45, 7) is 0. The Morgan fingerprint density at radius 1 is 0.750 bits per heavy atom. The van der Waals surface area contributed by atoms with E-state index in [1.165, 1.54) is 24.3 Å². The molecular weight excluding hydrogens is 364 g/mol. The first-order chi connectivity index (χ1) is 13.3. The Kier molecular flexibility index (Phi) is 6.86. The van der Waals surface area contributed by atoms with Crippen LogP contribution in [0.25, 0.3) is 0 Å². The number of carbonyl (C=O) groups is 4. The number of hydrogen-bond donors (Lipinski definition) is 2. The fourth-order valence-electron chi connectivity index (χ4n) is 2.41. The van der Waals surface area contributed by atoms with Gasteiger partial charge in [0.2, 0.25) is 5.91 Å². The van der Waals surface area contributed by atoms with Crippen molar-refractivity contribution in [3.63, 3.8) is 0 Å². The number of rotatable bonds is 9. The molecule has 0 bridgehead atoms. The van der Waals surface area contributed by atoms with Crippen molar-refractivity contribution in [2.45, 2.75) is 25.0 Å². The number of amides is 2. The molecule has 0 aliphatic heterocycles. The zero-order valence-electron chi connectivity index (χ0n) is 15.0. The molecule has 0 atom stereocenters. The van der Waals surface area contributed by atoms with Crippen LogP contribution < -0.4 is 11.5 Å². The molecule has 0 heterocycles. The van der Waals surface area contributed by atoms with Gasteiger partial charge in [0.1, 0.15) is 0 Å². The Morgan fingerprint density at radius 3 is 1.54 bits per heavy atom. The summed E-state index contributed by atoms with van der Waals surface area (Å²) in [6.07, 6.45) is -0.411. The van der Waals surface area contributed by atoms with Crippen LogP contribution in [0.15, 0.2) is 60.7 Å².